The summed E-state index contributed by atoms with van der Waals surface area (Å²) in [4.78, 5) is 12.2. The SMILES string of the molecule is CC(C)(C)N(CC1CO1)C(=O)O. The summed E-state index contributed by atoms with van der Waals surface area (Å²) in [5.41, 5.74) is -0.336. The Kier molecular flexibility index (Phi) is 2.28. The predicted octanol–water partition coefficient (Wildman–Crippen LogP) is 1.16. The summed E-state index contributed by atoms with van der Waals surface area (Å²) in [6.45, 7) is 6.81. The first kappa shape index (κ1) is 9.32. The van der Waals surface area contributed by atoms with E-state index in [1.165, 1.54) is 4.90 Å². The molecule has 0 bridgehead atoms. The number of carbonyl (C=O) groups is 1. The van der Waals surface area contributed by atoms with Crippen LogP contribution in [0.4, 0.5) is 4.79 Å². The third-order valence-electron chi connectivity index (χ3n) is 1.83. The first-order valence-electron chi connectivity index (χ1n) is 4.03. The van der Waals surface area contributed by atoms with Gasteiger partial charge in [0.1, 0.15) is 0 Å². The summed E-state index contributed by atoms with van der Waals surface area (Å²) in [7, 11) is 0. The van der Waals surface area contributed by atoms with Gasteiger partial charge in [0.2, 0.25) is 0 Å². The molecule has 1 aliphatic rings. The van der Waals surface area contributed by atoms with Gasteiger partial charge in [-0.15, -0.1) is 0 Å². The number of hydrogen-bond donors (Lipinski definition) is 1. The molecule has 1 amide bonds. The Hall–Kier alpha value is -0.770. The Bertz CT molecular complexity index is 181. The molecule has 0 aromatic carbocycles. The van der Waals surface area contributed by atoms with Gasteiger partial charge in [0, 0.05) is 5.54 Å². The van der Waals surface area contributed by atoms with Crippen molar-refractivity contribution in [1.82, 2.24) is 4.90 Å². The van der Waals surface area contributed by atoms with E-state index in [0.29, 0.717) is 13.2 Å². The van der Waals surface area contributed by atoms with Crippen molar-refractivity contribution >= 4 is 6.09 Å². The van der Waals surface area contributed by atoms with E-state index in [-0.39, 0.29) is 11.6 Å². The number of carboxylic acid groups (broad SMARTS) is 1. The van der Waals surface area contributed by atoms with Gasteiger partial charge in [0.05, 0.1) is 19.3 Å². The Morgan fingerprint density at radius 3 is 2.42 bits per heavy atom. The van der Waals surface area contributed by atoms with E-state index in [1.54, 1.807) is 0 Å². The summed E-state index contributed by atoms with van der Waals surface area (Å²) in [6, 6.07) is 0. The molecular weight excluding hydrogens is 158 g/mol. The quantitative estimate of drug-likeness (QED) is 0.637. The van der Waals surface area contributed by atoms with E-state index in [9.17, 15) is 4.79 Å². The van der Waals surface area contributed by atoms with E-state index >= 15 is 0 Å². The van der Waals surface area contributed by atoms with E-state index < -0.39 is 6.09 Å². The van der Waals surface area contributed by atoms with Crippen molar-refractivity contribution in [1.29, 1.82) is 0 Å². The lowest BCUT2D eigenvalue weighted by molar-refractivity contribution is 0.0948. The van der Waals surface area contributed by atoms with Crippen molar-refractivity contribution in [2.75, 3.05) is 13.2 Å². The standard InChI is InChI=1S/C8H15NO3/c1-8(2,3)9(7(10)11)4-6-5-12-6/h6H,4-5H2,1-3H3,(H,10,11). The number of ether oxygens (including phenoxy) is 1. The van der Waals surface area contributed by atoms with Gasteiger partial charge in [-0.05, 0) is 20.8 Å². The average Bonchev–Trinajstić information content (AvgIpc) is 2.61. The van der Waals surface area contributed by atoms with Crippen LogP contribution in [-0.2, 0) is 4.74 Å². The van der Waals surface area contributed by atoms with E-state index in [0.717, 1.165) is 0 Å². The first-order valence-corrected chi connectivity index (χ1v) is 4.03. The molecule has 1 fully saturated rings. The van der Waals surface area contributed by atoms with Crippen molar-refractivity contribution in [2.45, 2.75) is 32.4 Å². The number of amides is 1. The molecule has 12 heavy (non-hydrogen) atoms. The largest absolute Gasteiger partial charge is 0.465 e. The van der Waals surface area contributed by atoms with Gasteiger partial charge in [-0.25, -0.2) is 4.79 Å². The molecule has 4 nitrogen and oxygen atoms in total. The molecule has 1 saturated heterocycles. The number of nitrogens with zero attached hydrogens (tertiary/aromatic N) is 1. The van der Waals surface area contributed by atoms with Gasteiger partial charge in [-0.3, -0.25) is 0 Å². The summed E-state index contributed by atoms with van der Waals surface area (Å²) < 4.78 is 4.98. The van der Waals surface area contributed by atoms with Gasteiger partial charge in [0.25, 0.3) is 0 Å². The molecule has 0 spiro atoms. The number of rotatable bonds is 2. The van der Waals surface area contributed by atoms with Gasteiger partial charge in [-0.1, -0.05) is 0 Å². The minimum Gasteiger partial charge on any atom is -0.465 e. The van der Waals surface area contributed by atoms with Crippen molar-refractivity contribution < 1.29 is 14.6 Å². The highest BCUT2D eigenvalue weighted by molar-refractivity contribution is 5.66. The van der Waals surface area contributed by atoms with E-state index in [4.69, 9.17) is 9.84 Å². The highest BCUT2D eigenvalue weighted by Gasteiger charge is 2.33. The third-order valence-corrected chi connectivity index (χ3v) is 1.83. The maximum Gasteiger partial charge on any atom is 0.407 e. The Morgan fingerprint density at radius 1 is 1.67 bits per heavy atom. The van der Waals surface area contributed by atoms with Crippen LogP contribution in [0.2, 0.25) is 0 Å². The lowest BCUT2D eigenvalue weighted by Crippen LogP contribution is -2.46. The van der Waals surface area contributed by atoms with Gasteiger partial charge >= 0.3 is 6.09 Å². The maximum absolute atomic E-state index is 10.8. The summed E-state index contributed by atoms with van der Waals surface area (Å²) in [6.07, 6.45) is -0.752. The summed E-state index contributed by atoms with van der Waals surface area (Å²) in [5, 5.41) is 8.86. The predicted molar refractivity (Wildman–Crippen MR) is 44.2 cm³/mol. The fourth-order valence-electron chi connectivity index (χ4n) is 1.02. The second-order valence-corrected chi connectivity index (χ2v) is 4.02. The van der Waals surface area contributed by atoms with Crippen molar-refractivity contribution in [3.05, 3.63) is 0 Å². The van der Waals surface area contributed by atoms with Gasteiger partial charge in [-0.2, -0.15) is 0 Å². The van der Waals surface area contributed by atoms with Crippen LogP contribution < -0.4 is 0 Å². The lowest BCUT2D eigenvalue weighted by Gasteiger charge is -2.32. The van der Waals surface area contributed by atoms with Gasteiger partial charge in [0.15, 0.2) is 0 Å². The van der Waals surface area contributed by atoms with E-state index in [1.807, 2.05) is 20.8 Å². The zero-order valence-corrected chi connectivity index (χ0v) is 7.70. The second-order valence-electron chi connectivity index (χ2n) is 4.02. The zero-order valence-electron chi connectivity index (χ0n) is 7.70. The molecule has 1 heterocycles. The molecule has 0 aromatic heterocycles. The molecule has 1 unspecified atom stereocenters. The zero-order chi connectivity index (χ0) is 9.35. The Morgan fingerprint density at radius 2 is 2.17 bits per heavy atom. The number of hydrogen-bond acceptors (Lipinski definition) is 2. The fourth-order valence-corrected chi connectivity index (χ4v) is 1.02. The molecule has 0 aliphatic carbocycles. The fraction of sp³-hybridized carbons (Fsp3) is 0.875. The highest BCUT2D eigenvalue weighted by atomic mass is 16.6. The Labute approximate surface area is 72.1 Å². The third kappa shape index (κ3) is 2.37. The van der Waals surface area contributed by atoms with Crippen molar-refractivity contribution in [3.8, 4) is 0 Å². The molecule has 4 heteroatoms. The summed E-state index contributed by atoms with van der Waals surface area (Å²) >= 11 is 0. The molecule has 70 valence electrons. The van der Waals surface area contributed by atoms with Crippen LogP contribution in [-0.4, -0.2) is 40.9 Å². The minimum absolute atomic E-state index is 0.125. The molecule has 1 N–H and O–H groups in total. The Balaban J connectivity index is 2.53. The smallest absolute Gasteiger partial charge is 0.407 e. The molecular formula is C8H15NO3. The van der Waals surface area contributed by atoms with Crippen LogP contribution in [0.25, 0.3) is 0 Å². The molecule has 1 rings (SSSR count). The number of epoxide rings is 1. The molecule has 0 aromatic rings. The lowest BCUT2D eigenvalue weighted by atomic mass is 10.1. The second kappa shape index (κ2) is 2.94. The maximum atomic E-state index is 10.8. The van der Waals surface area contributed by atoms with Crippen molar-refractivity contribution in [2.24, 2.45) is 0 Å². The van der Waals surface area contributed by atoms with Crippen LogP contribution in [0.1, 0.15) is 20.8 Å². The van der Waals surface area contributed by atoms with Crippen LogP contribution in [0, 0.1) is 0 Å². The first-order chi connectivity index (χ1) is 5.41. The highest BCUT2D eigenvalue weighted by Crippen LogP contribution is 2.18. The summed E-state index contributed by atoms with van der Waals surface area (Å²) in [5.74, 6) is 0. The monoisotopic (exact) mass is 173 g/mol. The molecule has 0 saturated carbocycles. The van der Waals surface area contributed by atoms with E-state index in [2.05, 4.69) is 0 Å². The minimum atomic E-state index is -0.877. The molecule has 0 radical (unpaired) electrons. The average molecular weight is 173 g/mol. The van der Waals surface area contributed by atoms with Crippen LogP contribution in [0.5, 0.6) is 0 Å². The van der Waals surface area contributed by atoms with Gasteiger partial charge < -0.3 is 14.7 Å². The normalized spacial score (nSPS) is 22.1. The van der Waals surface area contributed by atoms with Crippen LogP contribution >= 0.6 is 0 Å². The topological polar surface area (TPSA) is 53.1 Å². The molecule has 1 aliphatic heterocycles. The molecule has 1 atom stereocenters. The van der Waals surface area contributed by atoms with Crippen LogP contribution in [0.15, 0.2) is 0 Å². The van der Waals surface area contributed by atoms with Crippen molar-refractivity contribution in [3.63, 3.8) is 0 Å². The van der Waals surface area contributed by atoms with Crippen LogP contribution in [0.3, 0.4) is 0 Å².